The van der Waals surface area contributed by atoms with Gasteiger partial charge in [0.1, 0.15) is 35.7 Å². The monoisotopic (exact) mass is 473 g/mol. The molecule has 2 heterocycles. The standard InChI is InChI=1S/C30H35NO4/c1-3-26-27-18-24(33)10-13-28(27)35-30(29(26)21-4-8-23(32)9-5-21)22-6-11-25(12-7-22)34-17-16-31-15-14-20(2)19-31/h4-13,18,20,26,29-30,32-33H,3,14-17,19H2,1-2H3/t20-,26-,29-,30-/m1/s1. The van der Waals surface area contributed by atoms with Gasteiger partial charge in [0, 0.05) is 24.6 Å². The van der Waals surface area contributed by atoms with Gasteiger partial charge in [0.15, 0.2) is 0 Å². The van der Waals surface area contributed by atoms with E-state index in [2.05, 4.69) is 30.9 Å². The van der Waals surface area contributed by atoms with Crippen molar-refractivity contribution in [1.82, 2.24) is 4.90 Å². The average molecular weight is 474 g/mol. The van der Waals surface area contributed by atoms with Crippen molar-refractivity contribution >= 4 is 0 Å². The molecule has 0 radical (unpaired) electrons. The average Bonchev–Trinajstić information content (AvgIpc) is 3.29. The van der Waals surface area contributed by atoms with Gasteiger partial charge in [-0.2, -0.15) is 0 Å². The second-order valence-electron chi connectivity index (χ2n) is 10.0. The highest BCUT2D eigenvalue weighted by molar-refractivity contribution is 5.48. The predicted molar refractivity (Wildman–Crippen MR) is 138 cm³/mol. The summed E-state index contributed by atoms with van der Waals surface area (Å²) in [6.07, 6.45) is 1.99. The van der Waals surface area contributed by atoms with Crippen LogP contribution in [0.5, 0.6) is 23.0 Å². The molecule has 0 unspecified atom stereocenters. The van der Waals surface area contributed by atoms with Gasteiger partial charge in [-0.1, -0.05) is 38.1 Å². The molecule has 5 heteroatoms. The fraction of sp³-hybridized carbons (Fsp3) is 0.400. The van der Waals surface area contributed by atoms with Crippen molar-refractivity contribution in [2.24, 2.45) is 5.92 Å². The van der Waals surface area contributed by atoms with Gasteiger partial charge in [0.2, 0.25) is 0 Å². The molecule has 35 heavy (non-hydrogen) atoms. The van der Waals surface area contributed by atoms with E-state index in [1.807, 2.05) is 36.4 Å². The maximum Gasteiger partial charge on any atom is 0.131 e. The van der Waals surface area contributed by atoms with Crippen LogP contribution in [0.3, 0.4) is 0 Å². The molecule has 5 rings (SSSR count). The number of benzene rings is 3. The van der Waals surface area contributed by atoms with Gasteiger partial charge >= 0.3 is 0 Å². The Morgan fingerprint density at radius 2 is 1.66 bits per heavy atom. The van der Waals surface area contributed by atoms with Crippen LogP contribution in [-0.4, -0.2) is 41.4 Å². The molecule has 3 aromatic rings. The Morgan fingerprint density at radius 1 is 0.943 bits per heavy atom. The minimum absolute atomic E-state index is 0.0406. The number of aromatic hydroxyl groups is 2. The van der Waals surface area contributed by atoms with E-state index in [-0.39, 0.29) is 29.4 Å². The molecule has 4 atom stereocenters. The van der Waals surface area contributed by atoms with Crippen molar-refractivity contribution in [1.29, 1.82) is 0 Å². The zero-order chi connectivity index (χ0) is 24.4. The number of rotatable bonds is 7. The lowest BCUT2D eigenvalue weighted by Gasteiger charge is -2.40. The molecule has 0 amide bonds. The van der Waals surface area contributed by atoms with Crippen molar-refractivity contribution in [2.75, 3.05) is 26.2 Å². The molecule has 2 aliphatic heterocycles. The Kier molecular flexibility index (Phi) is 6.87. The first-order chi connectivity index (χ1) is 17.0. The van der Waals surface area contributed by atoms with Crippen LogP contribution in [0.15, 0.2) is 66.7 Å². The highest BCUT2D eigenvalue weighted by Gasteiger charge is 2.39. The van der Waals surface area contributed by atoms with E-state index in [0.29, 0.717) is 6.61 Å². The molecule has 0 aliphatic carbocycles. The molecule has 2 aliphatic rings. The van der Waals surface area contributed by atoms with Crippen LogP contribution in [0.4, 0.5) is 0 Å². The van der Waals surface area contributed by atoms with Gasteiger partial charge in [-0.05, 0) is 84.8 Å². The fourth-order valence-electron chi connectivity index (χ4n) is 5.68. The maximum atomic E-state index is 10.2. The Balaban J connectivity index is 1.39. The van der Waals surface area contributed by atoms with Crippen molar-refractivity contribution < 1.29 is 19.7 Å². The van der Waals surface area contributed by atoms with Crippen LogP contribution in [0.25, 0.3) is 0 Å². The molecular formula is C30H35NO4. The number of likely N-dealkylation sites (tertiary alicyclic amines) is 1. The van der Waals surface area contributed by atoms with E-state index in [9.17, 15) is 10.2 Å². The van der Waals surface area contributed by atoms with E-state index in [4.69, 9.17) is 9.47 Å². The first kappa shape index (κ1) is 23.6. The van der Waals surface area contributed by atoms with Gasteiger partial charge in [0.05, 0.1) is 0 Å². The van der Waals surface area contributed by atoms with E-state index in [1.54, 1.807) is 18.2 Å². The normalized spacial score (nSPS) is 24.1. The number of hydrogen-bond acceptors (Lipinski definition) is 5. The minimum atomic E-state index is -0.193. The summed E-state index contributed by atoms with van der Waals surface area (Å²) in [5, 5.41) is 20.0. The highest BCUT2D eigenvalue weighted by atomic mass is 16.5. The molecule has 2 N–H and O–H groups in total. The van der Waals surface area contributed by atoms with E-state index < -0.39 is 0 Å². The SMILES string of the molecule is CC[C@@H]1c2cc(O)ccc2O[C@H](c2ccc(OCCN3CC[C@@H](C)C3)cc2)[C@@H]1c1ccc(O)cc1. The molecule has 1 saturated heterocycles. The Labute approximate surface area is 207 Å². The topological polar surface area (TPSA) is 62.2 Å². The van der Waals surface area contributed by atoms with Crippen LogP contribution < -0.4 is 9.47 Å². The van der Waals surface area contributed by atoms with Crippen LogP contribution in [-0.2, 0) is 0 Å². The predicted octanol–water partition coefficient (Wildman–Crippen LogP) is 6.23. The summed E-state index contributed by atoms with van der Waals surface area (Å²) < 4.78 is 12.6. The number of nitrogens with zero attached hydrogens (tertiary/aromatic N) is 1. The number of phenolic OH excluding ortho intramolecular Hbond substituents is 2. The number of phenols is 2. The summed E-state index contributed by atoms with van der Waals surface area (Å²) in [5.41, 5.74) is 3.22. The van der Waals surface area contributed by atoms with Crippen LogP contribution >= 0.6 is 0 Å². The Bertz CT molecular complexity index is 1130. The Hall–Kier alpha value is -3.18. The van der Waals surface area contributed by atoms with Crippen molar-refractivity contribution in [3.8, 4) is 23.0 Å². The molecule has 3 aromatic carbocycles. The lowest BCUT2D eigenvalue weighted by Crippen LogP contribution is -2.28. The summed E-state index contributed by atoms with van der Waals surface area (Å²) in [5.74, 6) is 3.17. The van der Waals surface area contributed by atoms with Gasteiger partial charge in [-0.3, -0.25) is 4.90 Å². The maximum absolute atomic E-state index is 10.2. The van der Waals surface area contributed by atoms with E-state index >= 15 is 0 Å². The second-order valence-corrected chi connectivity index (χ2v) is 10.0. The zero-order valence-corrected chi connectivity index (χ0v) is 20.6. The summed E-state index contributed by atoms with van der Waals surface area (Å²) in [6, 6.07) is 21.1. The summed E-state index contributed by atoms with van der Waals surface area (Å²) >= 11 is 0. The molecule has 1 fully saturated rings. The third-order valence-electron chi connectivity index (χ3n) is 7.52. The van der Waals surface area contributed by atoms with Gasteiger partial charge in [0.25, 0.3) is 0 Å². The van der Waals surface area contributed by atoms with Crippen LogP contribution in [0.2, 0.25) is 0 Å². The third kappa shape index (κ3) is 5.10. The zero-order valence-electron chi connectivity index (χ0n) is 20.6. The summed E-state index contributed by atoms with van der Waals surface area (Å²) in [7, 11) is 0. The van der Waals surface area contributed by atoms with Gasteiger partial charge in [-0.15, -0.1) is 0 Å². The smallest absolute Gasteiger partial charge is 0.131 e. The van der Waals surface area contributed by atoms with Crippen molar-refractivity contribution in [3.63, 3.8) is 0 Å². The molecular weight excluding hydrogens is 438 g/mol. The molecule has 184 valence electrons. The summed E-state index contributed by atoms with van der Waals surface area (Å²) in [4.78, 5) is 2.47. The number of fused-ring (bicyclic) bond motifs is 1. The molecule has 0 saturated carbocycles. The van der Waals surface area contributed by atoms with Crippen molar-refractivity contribution in [2.45, 2.75) is 44.6 Å². The third-order valence-corrected chi connectivity index (χ3v) is 7.52. The lowest BCUT2D eigenvalue weighted by atomic mass is 9.73. The first-order valence-electron chi connectivity index (χ1n) is 12.8. The Morgan fingerprint density at radius 3 is 2.34 bits per heavy atom. The largest absolute Gasteiger partial charge is 0.508 e. The van der Waals surface area contributed by atoms with E-state index in [0.717, 1.165) is 53.6 Å². The van der Waals surface area contributed by atoms with Gasteiger partial charge < -0.3 is 19.7 Å². The van der Waals surface area contributed by atoms with Gasteiger partial charge in [-0.25, -0.2) is 0 Å². The van der Waals surface area contributed by atoms with Crippen LogP contribution in [0, 0.1) is 5.92 Å². The lowest BCUT2D eigenvalue weighted by molar-refractivity contribution is 0.131. The number of hydrogen-bond donors (Lipinski definition) is 2. The molecule has 5 nitrogen and oxygen atoms in total. The molecule has 0 spiro atoms. The molecule has 0 bridgehead atoms. The fourth-order valence-corrected chi connectivity index (χ4v) is 5.68. The van der Waals surface area contributed by atoms with E-state index in [1.165, 1.54) is 13.0 Å². The quantitative estimate of drug-likeness (QED) is 0.426. The molecule has 0 aromatic heterocycles. The van der Waals surface area contributed by atoms with Crippen molar-refractivity contribution in [3.05, 3.63) is 83.4 Å². The highest BCUT2D eigenvalue weighted by Crippen LogP contribution is 2.53. The number of ether oxygens (including phenoxy) is 2. The minimum Gasteiger partial charge on any atom is -0.508 e. The van der Waals surface area contributed by atoms with Crippen LogP contribution in [0.1, 0.15) is 61.3 Å². The second kappa shape index (κ2) is 10.2. The first-order valence-corrected chi connectivity index (χ1v) is 12.8. The summed E-state index contributed by atoms with van der Waals surface area (Å²) in [6.45, 7) is 8.46.